The first kappa shape index (κ1) is 8.23. The Bertz CT molecular complexity index is 648. The van der Waals surface area contributed by atoms with Crippen LogP contribution in [-0.4, -0.2) is 19.9 Å². The van der Waals surface area contributed by atoms with Crippen LogP contribution in [0.2, 0.25) is 0 Å². The molecule has 72 valence electrons. The van der Waals surface area contributed by atoms with Crippen molar-refractivity contribution >= 4 is 21.8 Å². The Morgan fingerprint density at radius 1 is 0.933 bits per heavy atom. The number of fused-ring (bicyclic) bond motifs is 3. The molecule has 2 aromatic heterocycles. The molecule has 0 bridgehead atoms. The van der Waals surface area contributed by atoms with Gasteiger partial charge in [-0.15, -0.1) is 0 Å². The third kappa shape index (κ3) is 1.15. The van der Waals surface area contributed by atoms with Crippen molar-refractivity contribution in [3.8, 4) is 0 Å². The SMILES string of the molecule is Cc1ncnc2c1ccc1ncncc12. The lowest BCUT2D eigenvalue weighted by molar-refractivity contribution is 1.15. The molecule has 0 N–H and O–H groups in total. The molecule has 0 unspecified atom stereocenters. The highest BCUT2D eigenvalue weighted by Crippen LogP contribution is 2.22. The maximum atomic E-state index is 4.28. The van der Waals surface area contributed by atoms with Crippen molar-refractivity contribution in [3.63, 3.8) is 0 Å². The molecule has 0 aliphatic carbocycles. The number of hydrogen-bond donors (Lipinski definition) is 0. The van der Waals surface area contributed by atoms with E-state index in [0.29, 0.717) is 0 Å². The Morgan fingerprint density at radius 2 is 1.87 bits per heavy atom. The van der Waals surface area contributed by atoms with Gasteiger partial charge in [-0.25, -0.2) is 19.9 Å². The molecule has 0 fully saturated rings. The average Bonchev–Trinajstić information content (AvgIpc) is 2.29. The van der Waals surface area contributed by atoms with E-state index >= 15 is 0 Å². The molecule has 0 radical (unpaired) electrons. The molecule has 4 heteroatoms. The quantitative estimate of drug-likeness (QED) is 0.515. The molecule has 0 saturated carbocycles. The second-order valence-electron chi connectivity index (χ2n) is 3.38. The molecule has 0 aliphatic heterocycles. The zero-order valence-corrected chi connectivity index (χ0v) is 8.18. The maximum absolute atomic E-state index is 4.28. The van der Waals surface area contributed by atoms with Crippen LogP contribution >= 0.6 is 0 Å². The van der Waals surface area contributed by atoms with E-state index in [1.165, 1.54) is 0 Å². The zero-order valence-electron chi connectivity index (χ0n) is 8.18. The summed E-state index contributed by atoms with van der Waals surface area (Å²) >= 11 is 0. The first-order valence-electron chi connectivity index (χ1n) is 4.66. The summed E-state index contributed by atoms with van der Waals surface area (Å²) in [5.41, 5.74) is 2.81. The summed E-state index contributed by atoms with van der Waals surface area (Å²) in [4.78, 5) is 16.7. The van der Waals surface area contributed by atoms with Crippen molar-refractivity contribution in [3.05, 3.63) is 36.7 Å². The lowest BCUT2D eigenvalue weighted by Gasteiger charge is -2.02. The summed E-state index contributed by atoms with van der Waals surface area (Å²) in [6.45, 7) is 1.97. The maximum Gasteiger partial charge on any atom is 0.116 e. The van der Waals surface area contributed by atoms with Crippen LogP contribution in [0.15, 0.2) is 31.0 Å². The number of aryl methyl sites for hydroxylation is 1. The number of hydrogen-bond acceptors (Lipinski definition) is 4. The highest BCUT2D eigenvalue weighted by Gasteiger charge is 2.04. The Morgan fingerprint density at radius 3 is 2.80 bits per heavy atom. The van der Waals surface area contributed by atoms with Gasteiger partial charge in [-0.3, -0.25) is 0 Å². The fraction of sp³-hybridized carbons (Fsp3) is 0.0909. The Labute approximate surface area is 86.0 Å². The van der Waals surface area contributed by atoms with Crippen LogP contribution in [0.3, 0.4) is 0 Å². The van der Waals surface area contributed by atoms with Gasteiger partial charge in [-0.1, -0.05) is 0 Å². The minimum atomic E-state index is 0.913. The van der Waals surface area contributed by atoms with Gasteiger partial charge >= 0.3 is 0 Å². The normalized spacial score (nSPS) is 11.0. The van der Waals surface area contributed by atoms with Crippen molar-refractivity contribution in [2.24, 2.45) is 0 Å². The lowest BCUT2D eigenvalue weighted by atomic mass is 10.1. The highest BCUT2D eigenvalue weighted by atomic mass is 14.8. The average molecular weight is 196 g/mol. The highest BCUT2D eigenvalue weighted by molar-refractivity contribution is 6.03. The number of aromatic nitrogens is 4. The Hall–Kier alpha value is -2.10. The van der Waals surface area contributed by atoms with Crippen molar-refractivity contribution in [1.29, 1.82) is 0 Å². The van der Waals surface area contributed by atoms with Gasteiger partial charge in [0.15, 0.2) is 0 Å². The van der Waals surface area contributed by atoms with Crippen LogP contribution in [0.25, 0.3) is 21.8 Å². The fourth-order valence-electron chi connectivity index (χ4n) is 1.71. The van der Waals surface area contributed by atoms with Crippen molar-refractivity contribution in [2.45, 2.75) is 6.92 Å². The van der Waals surface area contributed by atoms with Crippen LogP contribution in [-0.2, 0) is 0 Å². The minimum absolute atomic E-state index is 0.913. The first-order chi connectivity index (χ1) is 7.36. The van der Waals surface area contributed by atoms with E-state index in [9.17, 15) is 0 Å². The molecule has 2 heterocycles. The van der Waals surface area contributed by atoms with Gasteiger partial charge in [0, 0.05) is 22.7 Å². The first-order valence-corrected chi connectivity index (χ1v) is 4.66. The fourth-order valence-corrected chi connectivity index (χ4v) is 1.71. The molecular formula is C11H8N4. The molecular weight excluding hydrogens is 188 g/mol. The van der Waals surface area contributed by atoms with Gasteiger partial charge in [-0.05, 0) is 19.1 Å². The van der Waals surface area contributed by atoms with Gasteiger partial charge in [0.2, 0.25) is 0 Å². The molecule has 0 amide bonds. The van der Waals surface area contributed by atoms with E-state index in [4.69, 9.17) is 0 Å². The summed E-state index contributed by atoms with van der Waals surface area (Å²) in [6, 6.07) is 3.97. The summed E-state index contributed by atoms with van der Waals surface area (Å²) in [5, 5.41) is 2.03. The molecule has 0 spiro atoms. The van der Waals surface area contributed by atoms with Gasteiger partial charge in [0.1, 0.15) is 12.7 Å². The van der Waals surface area contributed by atoms with Crippen LogP contribution in [0, 0.1) is 6.92 Å². The van der Waals surface area contributed by atoms with Crippen LogP contribution < -0.4 is 0 Å². The van der Waals surface area contributed by atoms with Crippen LogP contribution in [0.5, 0.6) is 0 Å². The third-order valence-corrected chi connectivity index (χ3v) is 2.49. The summed E-state index contributed by atoms with van der Waals surface area (Å²) in [6.07, 6.45) is 4.91. The van der Waals surface area contributed by atoms with Crippen molar-refractivity contribution in [2.75, 3.05) is 0 Å². The smallest absolute Gasteiger partial charge is 0.116 e. The summed E-state index contributed by atoms with van der Waals surface area (Å²) in [5.74, 6) is 0. The van der Waals surface area contributed by atoms with Crippen LogP contribution in [0.1, 0.15) is 5.69 Å². The van der Waals surface area contributed by atoms with E-state index in [-0.39, 0.29) is 0 Å². The molecule has 1 aromatic carbocycles. The molecule has 4 nitrogen and oxygen atoms in total. The van der Waals surface area contributed by atoms with E-state index in [2.05, 4.69) is 19.9 Å². The zero-order chi connectivity index (χ0) is 10.3. The van der Waals surface area contributed by atoms with E-state index in [1.54, 1.807) is 18.9 Å². The molecule has 0 aliphatic rings. The summed E-state index contributed by atoms with van der Waals surface area (Å²) < 4.78 is 0. The number of benzene rings is 1. The molecule has 3 aromatic rings. The molecule has 15 heavy (non-hydrogen) atoms. The monoisotopic (exact) mass is 196 g/mol. The third-order valence-electron chi connectivity index (χ3n) is 2.49. The van der Waals surface area contributed by atoms with E-state index < -0.39 is 0 Å². The van der Waals surface area contributed by atoms with Crippen LogP contribution in [0.4, 0.5) is 0 Å². The van der Waals surface area contributed by atoms with Gasteiger partial charge < -0.3 is 0 Å². The second-order valence-corrected chi connectivity index (χ2v) is 3.38. The van der Waals surface area contributed by atoms with E-state index in [1.807, 2.05) is 19.1 Å². The minimum Gasteiger partial charge on any atom is -0.244 e. The van der Waals surface area contributed by atoms with Gasteiger partial charge in [0.25, 0.3) is 0 Å². The standard InChI is InChI=1S/C11H8N4/c1-7-8-2-3-10-9(4-12-5-14-10)11(8)15-6-13-7/h2-6H,1H3. The Balaban J connectivity index is 2.60. The predicted octanol–water partition coefficient (Wildman–Crippen LogP) is 1.88. The summed E-state index contributed by atoms with van der Waals surface area (Å²) in [7, 11) is 0. The number of nitrogens with zero attached hydrogens (tertiary/aromatic N) is 4. The lowest BCUT2D eigenvalue weighted by Crippen LogP contribution is -1.90. The van der Waals surface area contributed by atoms with Gasteiger partial charge in [-0.2, -0.15) is 0 Å². The second kappa shape index (κ2) is 2.95. The Kier molecular flexibility index (Phi) is 1.62. The van der Waals surface area contributed by atoms with Crippen molar-refractivity contribution in [1.82, 2.24) is 19.9 Å². The van der Waals surface area contributed by atoms with E-state index in [0.717, 1.165) is 27.5 Å². The molecule has 0 atom stereocenters. The molecule has 0 saturated heterocycles. The molecule has 3 rings (SSSR count). The number of rotatable bonds is 0. The largest absolute Gasteiger partial charge is 0.244 e. The van der Waals surface area contributed by atoms with Gasteiger partial charge in [0.05, 0.1) is 11.0 Å². The predicted molar refractivity (Wildman–Crippen MR) is 57.4 cm³/mol. The van der Waals surface area contributed by atoms with Crippen molar-refractivity contribution < 1.29 is 0 Å². The topological polar surface area (TPSA) is 51.6 Å².